The van der Waals surface area contributed by atoms with E-state index < -0.39 is 28.7 Å². The zero-order valence-corrected chi connectivity index (χ0v) is 22.5. The Kier molecular flexibility index (Phi) is 6.54. The van der Waals surface area contributed by atoms with Gasteiger partial charge in [-0.2, -0.15) is 0 Å². The Morgan fingerprint density at radius 2 is 1.51 bits per heavy atom. The number of hydrogen-bond donors (Lipinski definition) is 4. The Bertz CT molecular complexity index is 1470. The minimum Gasteiger partial charge on any atom is -0.447 e. The fourth-order valence-electron chi connectivity index (χ4n) is 4.27. The summed E-state index contributed by atoms with van der Waals surface area (Å²) in [6.45, 7) is 5.40. The first-order valence-electron chi connectivity index (χ1n) is 10.8. The first-order valence-corrected chi connectivity index (χ1v) is 12.3. The van der Waals surface area contributed by atoms with Crippen molar-refractivity contribution in [1.29, 1.82) is 0 Å². The molecule has 4 aromatic rings. The summed E-state index contributed by atoms with van der Waals surface area (Å²) in [5, 5.41) is 4.34. The molecule has 1 atom stereocenters. The van der Waals surface area contributed by atoms with Crippen LogP contribution in [-0.4, -0.2) is 34.4 Å². The molecule has 1 unspecified atom stereocenters. The molecular weight excluding hydrogens is 580 g/mol. The second kappa shape index (κ2) is 9.16. The lowest BCUT2D eigenvalue weighted by atomic mass is 9.69. The summed E-state index contributed by atoms with van der Waals surface area (Å²) in [4.78, 5) is 44.7. The van der Waals surface area contributed by atoms with Gasteiger partial charge in [0.15, 0.2) is 0 Å². The fraction of sp³-hybridized carbons (Fsp3) is 0.240. The van der Waals surface area contributed by atoms with Crippen molar-refractivity contribution in [2.45, 2.75) is 26.3 Å². The number of amides is 2. The molecule has 35 heavy (non-hydrogen) atoms. The SMILES string of the molecule is CC(C)(C)C(COC(N)=O)(NC(=O)C(=O)c1c[nH]c2ccc(Br)cc12)c1c[nH]c2ccc(Br)cc12. The van der Waals surface area contributed by atoms with Crippen LogP contribution >= 0.6 is 31.9 Å². The van der Waals surface area contributed by atoms with Gasteiger partial charge in [-0.05, 0) is 41.8 Å². The van der Waals surface area contributed by atoms with E-state index in [0.29, 0.717) is 10.9 Å². The van der Waals surface area contributed by atoms with Crippen molar-refractivity contribution in [3.05, 3.63) is 68.9 Å². The Hall–Kier alpha value is -3.11. The van der Waals surface area contributed by atoms with Crippen LogP contribution in [0, 0.1) is 5.41 Å². The van der Waals surface area contributed by atoms with Crippen LogP contribution in [-0.2, 0) is 15.1 Å². The molecule has 8 nitrogen and oxygen atoms in total. The number of hydrogen-bond acceptors (Lipinski definition) is 4. The van der Waals surface area contributed by atoms with Crippen LogP contribution in [0.3, 0.4) is 0 Å². The minimum absolute atomic E-state index is 0.235. The van der Waals surface area contributed by atoms with Crippen molar-refractivity contribution in [2.24, 2.45) is 11.1 Å². The number of benzene rings is 2. The number of aromatic nitrogens is 2. The van der Waals surface area contributed by atoms with Crippen LogP contribution < -0.4 is 11.1 Å². The molecule has 0 aliphatic carbocycles. The van der Waals surface area contributed by atoms with Crippen LogP contribution in [0.1, 0.15) is 36.7 Å². The zero-order chi connectivity index (χ0) is 25.5. The molecule has 0 saturated heterocycles. The number of H-pyrrole nitrogens is 2. The number of nitrogens with two attached hydrogens (primary N) is 1. The molecule has 0 saturated carbocycles. The normalized spacial score (nSPS) is 13.5. The Balaban J connectivity index is 1.83. The summed E-state index contributed by atoms with van der Waals surface area (Å²) in [7, 11) is 0. The van der Waals surface area contributed by atoms with E-state index in [0.717, 1.165) is 25.4 Å². The van der Waals surface area contributed by atoms with Gasteiger partial charge in [0.2, 0.25) is 0 Å². The monoisotopic (exact) mass is 602 g/mol. The van der Waals surface area contributed by atoms with Crippen LogP contribution in [0.4, 0.5) is 4.79 Å². The molecule has 0 bridgehead atoms. The molecule has 4 rings (SSSR count). The number of ketones is 1. The van der Waals surface area contributed by atoms with Crippen molar-refractivity contribution >= 4 is 71.4 Å². The van der Waals surface area contributed by atoms with E-state index in [1.54, 1.807) is 12.3 Å². The number of ether oxygens (including phenoxy) is 1. The van der Waals surface area contributed by atoms with Crippen LogP contribution in [0.25, 0.3) is 21.8 Å². The summed E-state index contributed by atoms with van der Waals surface area (Å²) in [5.74, 6) is -1.55. The second-order valence-electron chi connectivity index (χ2n) is 9.33. The van der Waals surface area contributed by atoms with E-state index in [2.05, 4.69) is 47.1 Å². The summed E-state index contributed by atoms with van der Waals surface area (Å²) in [6.07, 6.45) is 2.28. The third-order valence-corrected chi connectivity index (χ3v) is 7.22. The Labute approximate surface area is 218 Å². The smallest absolute Gasteiger partial charge is 0.404 e. The molecule has 0 aliphatic heterocycles. The molecule has 5 N–H and O–H groups in total. The lowest BCUT2D eigenvalue weighted by molar-refractivity contribution is -0.121. The van der Waals surface area contributed by atoms with Gasteiger partial charge in [0, 0.05) is 48.7 Å². The van der Waals surface area contributed by atoms with Gasteiger partial charge >= 0.3 is 6.09 Å². The van der Waals surface area contributed by atoms with Gasteiger partial charge in [-0.15, -0.1) is 0 Å². The quantitative estimate of drug-likeness (QED) is 0.171. The van der Waals surface area contributed by atoms with Crippen molar-refractivity contribution in [2.75, 3.05) is 6.61 Å². The molecule has 0 radical (unpaired) electrons. The average Bonchev–Trinajstić information content (AvgIpc) is 3.38. The molecule has 0 spiro atoms. The highest BCUT2D eigenvalue weighted by atomic mass is 79.9. The van der Waals surface area contributed by atoms with Crippen LogP contribution in [0.15, 0.2) is 57.7 Å². The van der Waals surface area contributed by atoms with Gasteiger partial charge in [0.05, 0.1) is 5.56 Å². The largest absolute Gasteiger partial charge is 0.447 e. The Morgan fingerprint density at radius 1 is 0.943 bits per heavy atom. The second-order valence-corrected chi connectivity index (χ2v) is 11.2. The van der Waals surface area contributed by atoms with E-state index in [1.165, 1.54) is 6.20 Å². The predicted octanol–water partition coefficient (Wildman–Crippen LogP) is 5.51. The van der Waals surface area contributed by atoms with Gasteiger partial charge in [-0.25, -0.2) is 4.79 Å². The fourth-order valence-corrected chi connectivity index (χ4v) is 4.99. The maximum Gasteiger partial charge on any atom is 0.404 e. The number of carbonyl (C=O) groups excluding carboxylic acids is 3. The molecule has 182 valence electrons. The number of rotatable bonds is 6. The molecule has 2 amide bonds. The highest BCUT2D eigenvalue weighted by molar-refractivity contribution is 9.10. The highest BCUT2D eigenvalue weighted by Crippen LogP contribution is 2.43. The summed E-state index contributed by atoms with van der Waals surface area (Å²) in [6, 6.07) is 11.1. The van der Waals surface area contributed by atoms with E-state index in [9.17, 15) is 14.4 Å². The number of Topliss-reactive ketones (excluding diaryl/α,β-unsaturated/α-hetero) is 1. The summed E-state index contributed by atoms with van der Waals surface area (Å²) in [5.41, 5.74) is 5.75. The first-order chi connectivity index (χ1) is 16.4. The topological polar surface area (TPSA) is 130 Å². The van der Waals surface area contributed by atoms with E-state index >= 15 is 0 Å². The van der Waals surface area contributed by atoms with Crippen molar-refractivity contribution in [3.8, 4) is 0 Å². The van der Waals surface area contributed by atoms with Gasteiger partial charge in [0.1, 0.15) is 12.1 Å². The maximum atomic E-state index is 13.5. The average molecular weight is 604 g/mol. The number of primary amides is 1. The first kappa shape index (κ1) is 25.0. The van der Waals surface area contributed by atoms with Crippen LogP contribution in [0.5, 0.6) is 0 Å². The number of fused-ring (bicyclic) bond motifs is 2. The number of aromatic amines is 2. The van der Waals surface area contributed by atoms with Crippen molar-refractivity contribution in [3.63, 3.8) is 0 Å². The van der Waals surface area contributed by atoms with Crippen LogP contribution in [0.2, 0.25) is 0 Å². The molecule has 2 aromatic heterocycles. The van der Waals surface area contributed by atoms with E-state index in [1.807, 2.05) is 51.1 Å². The minimum atomic E-state index is -1.29. The highest BCUT2D eigenvalue weighted by Gasteiger charge is 2.48. The van der Waals surface area contributed by atoms with E-state index in [4.69, 9.17) is 10.5 Å². The molecule has 0 fully saturated rings. The lowest BCUT2D eigenvalue weighted by Crippen LogP contribution is -2.59. The predicted molar refractivity (Wildman–Crippen MR) is 141 cm³/mol. The number of nitrogens with one attached hydrogen (secondary N) is 3. The van der Waals surface area contributed by atoms with Gasteiger partial charge in [-0.3, -0.25) is 9.59 Å². The maximum absolute atomic E-state index is 13.5. The molecule has 10 heteroatoms. The molecule has 2 aromatic carbocycles. The van der Waals surface area contributed by atoms with E-state index in [-0.39, 0.29) is 12.2 Å². The van der Waals surface area contributed by atoms with Gasteiger partial charge < -0.3 is 25.8 Å². The zero-order valence-electron chi connectivity index (χ0n) is 19.3. The number of carbonyl (C=O) groups is 3. The third-order valence-electron chi connectivity index (χ3n) is 6.24. The summed E-state index contributed by atoms with van der Waals surface area (Å²) >= 11 is 6.90. The Morgan fingerprint density at radius 3 is 2.11 bits per heavy atom. The standard InChI is InChI=1S/C25H24Br2N4O4/c1-24(2,3)25(12-35-23(28)34,18-11-30-20-7-5-14(27)9-16(18)20)31-22(33)21(32)17-10-29-19-6-4-13(26)8-15(17)19/h4-11,29-30H,12H2,1-3H3,(H2,28,34)(H,31,33). The van der Waals surface area contributed by atoms with Gasteiger partial charge in [0.25, 0.3) is 11.7 Å². The summed E-state index contributed by atoms with van der Waals surface area (Å²) < 4.78 is 6.88. The molecule has 0 aliphatic rings. The van der Waals surface area contributed by atoms with Gasteiger partial charge in [-0.1, -0.05) is 52.6 Å². The molecule has 2 heterocycles. The van der Waals surface area contributed by atoms with Crippen molar-refractivity contribution in [1.82, 2.24) is 15.3 Å². The third kappa shape index (κ3) is 4.60. The van der Waals surface area contributed by atoms with Crippen molar-refractivity contribution < 1.29 is 19.1 Å². The molecular formula is C25H24Br2N4O4. The number of halogens is 2. The lowest BCUT2D eigenvalue weighted by Gasteiger charge is -2.44.